The lowest BCUT2D eigenvalue weighted by Gasteiger charge is -2.01. The van der Waals surface area contributed by atoms with Gasteiger partial charge in [-0.3, -0.25) is 10.1 Å². The molecule has 0 unspecified atom stereocenters. The third-order valence-corrected chi connectivity index (χ3v) is 6.41. The standard InChI is InChI=1S/C24H14Cl3N3O2S/c25-17-3-1-2-14(8-17)9-19-13-29-24(33-19)30-23(31)16(12-28)10-18-5-7-22(32-18)15-4-6-20(26)21(27)11-15/h1-8,10-11,13H,9H2,(H,29,30,31). The SMILES string of the molecule is N#CC(=Cc1ccc(-c2ccc(Cl)c(Cl)c2)o1)C(=O)Nc1ncc(Cc2cccc(Cl)c2)s1. The molecule has 1 amide bonds. The average molecular weight is 515 g/mol. The van der Waals surface area contributed by atoms with E-state index in [9.17, 15) is 10.1 Å². The zero-order valence-electron chi connectivity index (χ0n) is 16.8. The fourth-order valence-corrected chi connectivity index (χ4v) is 4.34. The number of anilines is 1. The van der Waals surface area contributed by atoms with Crippen LogP contribution in [0.4, 0.5) is 5.13 Å². The summed E-state index contributed by atoms with van der Waals surface area (Å²) in [5.74, 6) is 0.306. The van der Waals surface area contributed by atoms with Gasteiger partial charge in [0, 0.05) is 34.2 Å². The molecule has 0 fully saturated rings. The second-order valence-electron chi connectivity index (χ2n) is 6.89. The van der Waals surface area contributed by atoms with Gasteiger partial charge in [-0.05, 0) is 48.0 Å². The molecule has 0 saturated heterocycles. The molecule has 0 aliphatic heterocycles. The first-order valence-corrected chi connectivity index (χ1v) is 11.5. The monoisotopic (exact) mass is 513 g/mol. The van der Waals surface area contributed by atoms with Crippen LogP contribution in [0.15, 0.2) is 70.8 Å². The second-order valence-corrected chi connectivity index (χ2v) is 9.26. The van der Waals surface area contributed by atoms with Crippen LogP contribution in [0.1, 0.15) is 16.2 Å². The van der Waals surface area contributed by atoms with Crippen LogP contribution in [0.3, 0.4) is 0 Å². The molecule has 164 valence electrons. The van der Waals surface area contributed by atoms with Crippen LogP contribution >= 0.6 is 46.1 Å². The van der Waals surface area contributed by atoms with Crippen molar-refractivity contribution in [3.8, 4) is 17.4 Å². The largest absolute Gasteiger partial charge is 0.457 e. The molecule has 0 spiro atoms. The molecule has 2 heterocycles. The first-order valence-electron chi connectivity index (χ1n) is 9.59. The molecular weight excluding hydrogens is 501 g/mol. The van der Waals surface area contributed by atoms with Gasteiger partial charge in [0.2, 0.25) is 0 Å². The van der Waals surface area contributed by atoms with Crippen LogP contribution in [-0.2, 0) is 11.2 Å². The lowest BCUT2D eigenvalue weighted by atomic mass is 10.1. The Balaban J connectivity index is 1.45. The van der Waals surface area contributed by atoms with Gasteiger partial charge in [0.25, 0.3) is 5.91 Å². The number of rotatable bonds is 6. The van der Waals surface area contributed by atoms with Crippen molar-refractivity contribution in [2.75, 3.05) is 5.32 Å². The number of aromatic nitrogens is 1. The molecule has 0 atom stereocenters. The van der Waals surface area contributed by atoms with Gasteiger partial charge in [0.05, 0.1) is 10.0 Å². The average Bonchev–Trinajstić information content (AvgIpc) is 3.43. The number of benzene rings is 2. The summed E-state index contributed by atoms with van der Waals surface area (Å²) in [6.07, 6.45) is 3.70. The molecular formula is C24H14Cl3N3O2S. The van der Waals surface area contributed by atoms with Gasteiger partial charge in [-0.2, -0.15) is 5.26 Å². The Bertz CT molecular complexity index is 1400. The summed E-state index contributed by atoms with van der Waals surface area (Å²) in [6.45, 7) is 0. The van der Waals surface area contributed by atoms with E-state index in [1.165, 1.54) is 17.4 Å². The fourth-order valence-electron chi connectivity index (χ4n) is 2.99. The quantitative estimate of drug-likeness (QED) is 0.213. The maximum absolute atomic E-state index is 12.6. The van der Waals surface area contributed by atoms with Gasteiger partial charge in [-0.1, -0.05) is 46.9 Å². The minimum absolute atomic E-state index is 0.114. The van der Waals surface area contributed by atoms with E-state index in [0.717, 1.165) is 16.0 Å². The highest BCUT2D eigenvalue weighted by atomic mass is 35.5. The number of hydrogen-bond acceptors (Lipinski definition) is 5. The van der Waals surface area contributed by atoms with Gasteiger partial charge in [-0.25, -0.2) is 4.98 Å². The minimum Gasteiger partial charge on any atom is -0.457 e. The van der Waals surface area contributed by atoms with Crippen molar-refractivity contribution < 1.29 is 9.21 Å². The number of nitrogens with zero attached hydrogens (tertiary/aromatic N) is 2. The molecule has 4 aromatic rings. The molecule has 4 rings (SSSR count). The molecule has 0 radical (unpaired) electrons. The topological polar surface area (TPSA) is 78.9 Å². The van der Waals surface area contributed by atoms with Crippen LogP contribution in [0.25, 0.3) is 17.4 Å². The number of carbonyl (C=O) groups is 1. The molecule has 0 aliphatic rings. The highest BCUT2D eigenvalue weighted by molar-refractivity contribution is 7.15. The van der Waals surface area contributed by atoms with Gasteiger partial charge < -0.3 is 4.42 Å². The number of hydrogen-bond donors (Lipinski definition) is 1. The van der Waals surface area contributed by atoms with Crippen molar-refractivity contribution >= 4 is 63.3 Å². The Morgan fingerprint density at radius 3 is 2.73 bits per heavy atom. The van der Waals surface area contributed by atoms with E-state index in [4.69, 9.17) is 39.2 Å². The molecule has 0 bridgehead atoms. The normalized spacial score (nSPS) is 11.3. The van der Waals surface area contributed by atoms with Crippen molar-refractivity contribution in [1.82, 2.24) is 4.98 Å². The van der Waals surface area contributed by atoms with Gasteiger partial charge in [0.15, 0.2) is 5.13 Å². The van der Waals surface area contributed by atoms with Crippen molar-refractivity contribution in [2.24, 2.45) is 0 Å². The van der Waals surface area contributed by atoms with Crippen molar-refractivity contribution in [2.45, 2.75) is 6.42 Å². The number of amides is 1. The lowest BCUT2D eigenvalue weighted by Crippen LogP contribution is -2.13. The van der Waals surface area contributed by atoms with E-state index in [1.54, 1.807) is 36.5 Å². The first kappa shape index (κ1) is 23.1. The Morgan fingerprint density at radius 2 is 1.97 bits per heavy atom. The highest BCUT2D eigenvalue weighted by Crippen LogP contribution is 2.30. The predicted octanol–water partition coefficient (Wildman–Crippen LogP) is 7.50. The lowest BCUT2D eigenvalue weighted by molar-refractivity contribution is -0.112. The summed E-state index contributed by atoms with van der Waals surface area (Å²) in [4.78, 5) is 17.8. The van der Waals surface area contributed by atoms with Crippen molar-refractivity contribution in [1.29, 1.82) is 5.26 Å². The van der Waals surface area contributed by atoms with Gasteiger partial charge in [0.1, 0.15) is 23.2 Å². The Labute approximate surface area is 208 Å². The minimum atomic E-state index is -0.575. The third kappa shape index (κ3) is 5.84. The van der Waals surface area contributed by atoms with Crippen LogP contribution in [-0.4, -0.2) is 10.9 Å². The molecule has 5 nitrogen and oxygen atoms in total. The smallest absolute Gasteiger partial charge is 0.268 e. The van der Waals surface area contributed by atoms with Crippen LogP contribution in [0.5, 0.6) is 0 Å². The maximum atomic E-state index is 12.6. The summed E-state index contributed by atoms with van der Waals surface area (Å²) in [6, 6.07) is 17.9. The number of thiazole rings is 1. The molecule has 33 heavy (non-hydrogen) atoms. The number of furan rings is 1. The van der Waals surface area contributed by atoms with E-state index < -0.39 is 5.91 Å². The zero-order chi connectivity index (χ0) is 23.4. The van der Waals surface area contributed by atoms with Gasteiger partial charge >= 0.3 is 0 Å². The van der Waals surface area contributed by atoms with E-state index in [2.05, 4.69) is 10.3 Å². The molecule has 2 aromatic carbocycles. The van der Waals surface area contributed by atoms with E-state index in [1.807, 2.05) is 30.3 Å². The summed E-state index contributed by atoms with van der Waals surface area (Å²) in [5.41, 5.74) is 1.65. The Hall–Kier alpha value is -3.08. The summed E-state index contributed by atoms with van der Waals surface area (Å²) in [5, 5.41) is 14.0. The van der Waals surface area contributed by atoms with Gasteiger partial charge in [-0.15, -0.1) is 11.3 Å². The number of halogens is 3. The maximum Gasteiger partial charge on any atom is 0.268 e. The second kappa shape index (κ2) is 10.2. The third-order valence-electron chi connectivity index (χ3n) is 4.52. The highest BCUT2D eigenvalue weighted by Gasteiger charge is 2.14. The van der Waals surface area contributed by atoms with Crippen LogP contribution < -0.4 is 5.32 Å². The number of carbonyl (C=O) groups excluding carboxylic acids is 1. The van der Waals surface area contributed by atoms with Crippen LogP contribution in [0.2, 0.25) is 15.1 Å². The molecule has 0 saturated carbocycles. The molecule has 0 aliphatic carbocycles. The molecule has 9 heteroatoms. The van der Waals surface area contributed by atoms with E-state index >= 15 is 0 Å². The summed E-state index contributed by atoms with van der Waals surface area (Å²) >= 11 is 19.4. The summed E-state index contributed by atoms with van der Waals surface area (Å²) < 4.78 is 5.74. The van der Waals surface area contributed by atoms with Crippen molar-refractivity contribution in [3.05, 3.63) is 97.6 Å². The van der Waals surface area contributed by atoms with E-state index in [0.29, 0.717) is 38.1 Å². The molecule has 2 aromatic heterocycles. The Kier molecular flexibility index (Phi) is 7.17. The predicted molar refractivity (Wildman–Crippen MR) is 133 cm³/mol. The first-order chi connectivity index (χ1) is 15.9. The summed E-state index contributed by atoms with van der Waals surface area (Å²) in [7, 11) is 0. The molecule has 1 N–H and O–H groups in total. The van der Waals surface area contributed by atoms with Crippen LogP contribution in [0, 0.1) is 11.3 Å². The Morgan fingerprint density at radius 1 is 1.12 bits per heavy atom. The fraction of sp³-hybridized carbons (Fsp3) is 0.0417. The van der Waals surface area contributed by atoms with E-state index in [-0.39, 0.29) is 5.57 Å². The number of nitrogens with one attached hydrogen (secondary N) is 1. The van der Waals surface area contributed by atoms with Crippen molar-refractivity contribution in [3.63, 3.8) is 0 Å². The number of nitriles is 1. The zero-order valence-corrected chi connectivity index (χ0v) is 19.9.